The maximum Gasteiger partial charge on any atom is 0.253 e. The summed E-state index contributed by atoms with van der Waals surface area (Å²) in [4.78, 5) is 9.23. The van der Waals surface area contributed by atoms with Gasteiger partial charge in [0, 0.05) is 89.5 Å². The molecule has 3 aliphatic heterocycles. The minimum atomic E-state index is -0.166. The quantitative estimate of drug-likeness (QED) is 0.126. The van der Waals surface area contributed by atoms with E-state index in [0.717, 1.165) is 74.5 Å². The smallest absolute Gasteiger partial charge is 0.253 e. The summed E-state index contributed by atoms with van der Waals surface area (Å²) in [5.74, 6) is 0. The van der Waals surface area contributed by atoms with Gasteiger partial charge >= 0.3 is 0 Å². The zero-order chi connectivity index (χ0) is 47.4. The van der Waals surface area contributed by atoms with Crippen molar-refractivity contribution in [2.45, 2.75) is 94.9 Å². The summed E-state index contributed by atoms with van der Waals surface area (Å²) in [5.41, 5.74) is 21.3. The fourth-order valence-electron chi connectivity index (χ4n) is 13.6. The van der Waals surface area contributed by atoms with Gasteiger partial charge in [-0.05, 0) is 138 Å². The van der Waals surface area contributed by atoms with E-state index in [1.54, 1.807) is 0 Å². The number of fused-ring (bicyclic) bond motifs is 13. The first kappa shape index (κ1) is 42.1. The number of hydrogen-bond acceptors (Lipinski definition) is 6. The van der Waals surface area contributed by atoms with Gasteiger partial charge < -0.3 is 23.5 Å². The Morgan fingerprint density at radius 3 is 1.74 bits per heavy atom. The van der Waals surface area contributed by atoms with Crippen molar-refractivity contribution in [3.05, 3.63) is 168 Å². The molecule has 70 heavy (non-hydrogen) atoms. The van der Waals surface area contributed by atoms with Crippen LogP contribution in [0.3, 0.4) is 0 Å². The standard InChI is InChI=1S/C63H56BN3O2S/c1-8-38-17-15-20-49-58(38)64-59-51(65(49)40-26-28-45-43-18-9-11-22-53(43)68-55(45)36-40)34-42(67-48-30-25-39(61(2,3)4)33-47(48)62(5)31-13-14-32-63(62,67)6)35-52(59)66(50-21-16-24-57(70-7)60(50)64)41-27-29-46-44-19-10-12-23-54(44)69-56(46)37-41/h9-12,15-30,33-37H,8,13-14,31-32H2,1-7H3. The molecule has 1 fully saturated rings. The average molecular weight is 930 g/mol. The number of nitrogens with zero attached hydrogens (tertiary/aromatic N) is 3. The van der Waals surface area contributed by atoms with Crippen molar-refractivity contribution < 1.29 is 8.83 Å². The molecule has 8 aromatic carbocycles. The molecule has 5 heterocycles. The minimum absolute atomic E-state index is 0.0167. The third-order valence-electron chi connectivity index (χ3n) is 17.2. The molecule has 0 saturated heterocycles. The molecule has 0 bridgehead atoms. The van der Waals surface area contributed by atoms with Gasteiger partial charge in [-0.2, -0.15) is 0 Å². The Morgan fingerprint density at radius 1 is 0.543 bits per heavy atom. The fourth-order valence-corrected chi connectivity index (χ4v) is 14.3. The van der Waals surface area contributed by atoms with Crippen LogP contribution in [0.25, 0.3) is 43.9 Å². The Bertz CT molecular complexity index is 3650. The topological polar surface area (TPSA) is 36.0 Å². The van der Waals surface area contributed by atoms with Gasteiger partial charge in [0.05, 0.1) is 5.54 Å². The van der Waals surface area contributed by atoms with Gasteiger partial charge in [-0.1, -0.05) is 120 Å². The van der Waals surface area contributed by atoms with E-state index >= 15 is 0 Å². The predicted molar refractivity (Wildman–Crippen MR) is 298 cm³/mol. The highest BCUT2D eigenvalue weighted by Gasteiger charge is 2.58. The second-order valence-electron chi connectivity index (χ2n) is 21.8. The molecule has 344 valence electrons. The Morgan fingerprint density at radius 2 is 1.13 bits per heavy atom. The van der Waals surface area contributed by atoms with Crippen molar-refractivity contribution in [2.24, 2.45) is 0 Å². The highest BCUT2D eigenvalue weighted by Crippen LogP contribution is 2.62. The maximum absolute atomic E-state index is 6.70. The molecule has 1 aliphatic carbocycles. The number of para-hydroxylation sites is 2. The molecule has 14 rings (SSSR count). The third-order valence-corrected chi connectivity index (χ3v) is 18.0. The van der Waals surface area contributed by atoms with E-state index in [1.807, 2.05) is 11.8 Å². The number of furan rings is 2. The van der Waals surface area contributed by atoms with Crippen LogP contribution in [0.2, 0.25) is 0 Å². The van der Waals surface area contributed by atoms with Crippen molar-refractivity contribution in [1.82, 2.24) is 0 Å². The summed E-state index contributed by atoms with van der Waals surface area (Å²) in [6.07, 6.45) is 7.86. The van der Waals surface area contributed by atoms with Gasteiger partial charge in [-0.15, -0.1) is 11.8 Å². The summed E-state index contributed by atoms with van der Waals surface area (Å²) < 4.78 is 13.4. The van der Waals surface area contributed by atoms with E-state index in [1.165, 1.54) is 84.9 Å². The Kier molecular flexibility index (Phi) is 8.93. The number of rotatable bonds is 5. The highest BCUT2D eigenvalue weighted by molar-refractivity contribution is 7.98. The van der Waals surface area contributed by atoms with Crippen LogP contribution in [0.4, 0.5) is 45.5 Å². The fraction of sp³-hybridized carbons (Fsp3) is 0.238. The first-order chi connectivity index (χ1) is 34.0. The third kappa shape index (κ3) is 5.64. The van der Waals surface area contributed by atoms with Gasteiger partial charge in [0.1, 0.15) is 22.3 Å². The Hall–Kier alpha value is -6.83. The Labute approximate surface area is 415 Å². The Balaban J connectivity index is 1.11. The molecule has 2 atom stereocenters. The molecule has 0 radical (unpaired) electrons. The number of thioether (sulfide) groups is 1. The van der Waals surface area contributed by atoms with Crippen LogP contribution in [-0.2, 0) is 17.3 Å². The van der Waals surface area contributed by atoms with E-state index in [-0.39, 0.29) is 23.1 Å². The first-order valence-corrected chi connectivity index (χ1v) is 26.6. The molecule has 4 aliphatic rings. The first-order valence-electron chi connectivity index (χ1n) is 25.3. The van der Waals surface area contributed by atoms with Crippen molar-refractivity contribution in [3.63, 3.8) is 0 Å². The predicted octanol–water partition coefficient (Wildman–Crippen LogP) is 15.9. The molecule has 0 N–H and O–H groups in total. The zero-order valence-corrected chi connectivity index (χ0v) is 41.9. The molecular formula is C63H56BN3O2S. The lowest BCUT2D eigenvalue weighted by Crippen LogP contribution is -2.63. The van der Waals surface area contributed by atoms with E-state index in [0.29, 0.717) is 0 Å². The van der Waals surface area contributed by atoms with Crippen LogP contribution in [0.1, 0.15) is 83.9 Å². The van der Waals surface area contributed by atoms with Gasteiger partial charge in [-0.25, -0.2) is 0 Å². The van der Waals surface area contributed by atoms with Gasteiger partial charge in [0.25, 0.3) is 6.71 Å². The van der Waals surface area contributed by atoms with Gasteiger partial charge in [0.2, 0.25) is 0 Å². The van der Waals surface area contributed by atoms with E-state index in [9.17, 15) is 0 Å². The molecule has 0 spiro atoms. The summed E-state index contributed by atoms with van der Waals surface area (Å²) in [6, 6.07) is 57.1. The van der Waals surface area contributed by atoms with Gasteiger partial charge in [0.15, 0.2) is 0 Å². The summed E-state index contributed by atoms with van der Waals surface area (Å²) >= 11 is 1.85. The second kappa shape index (κ2) is 14.9. The number of aryl methyl sites for hydroxylation is 1. The molecule has 0 amide bonds. The maximum atomic E-state index is 6.70. The second-order valence-corrected chi connectivity index (χ2v) is 22.6. The zero-order valence-electron chi connectivity index (χ0n) is 41.1. The molecule has 7 heteroatoms. The summed E-state index contributed by atoms with van der Waals surface area (Å²) in [5, 5.41) is 4.54. The number of anilines is 8. The number of hydrogen-bond donors (Lipinski definition) is 0. The monoisotopic (exact) mass is 929 g/mol. The average Bonchev–Trinajstić information content (AvgIpc) is 4.00. The SMILES string of the molecule is CCc1cccc2c1B1c3c(SC)cccc3N(c3ccc4c(c3)oc3ccccc34)c3cc(N4c5ccc(C(C)(C)C)cc5C5(C)CCCCC45C)cc(c31)N2c1ccc2c(c1)oc1ccccc12. The lowest BCUT2D eigenvalue weighted by molar-refractivity contribution is 0.195. The van der Waals surface area contributed by atoms with E-state index in [4.69, 9.17) is 8.83 Å². The van der Waals surface area contributed by atoms with E-state index < -0.39 is 0 Å². The van der Waals surface area contributed by atoms with Crippen LogP contribution in [0.5, 0.6) is 0 Å². The minimum Gasteiger partial charge on any atom is -0.456 e. The summed E-state index contributed by atoms with van der Waals surface area (Å²) in [6.45, 7) is 14.5. The molecule has 10 aromatic rings. The molecule has 2 unspecified atom stereocenters. The van der Waals surface area contributed by atoms with Gasteiger partial charge in [-0.3, -0.25) is 0 Å². The normalized spacial score (nSPS) is 19.2. The largest absolute Gasteiger partial charge is 0.456 e. The van der Waals surface area contributed by atoms with Crippen molar-refractivity contribution in [1.29, 1.82) is 0 Å². The van der Waals surface area contributed by atoms with Crippen molar-refractivity contribution in [2.75, 3.05) is 21.0 Å². The summed E-state index contributed by atoms with van der Waals surface area (Å²) in [7, 11) is 0. The molecule has 1 saturated carbocycles. The van der Waals surface area contributed by atoms with Crippen LogP contribution in [0.15, 0.2) is 165 Å². The van der Waals surface area contributed by atoms with Crippen LogP contribution >= 0.6 is 11.8 Å². The highest BCUT2D eigenvalue weighted by atomic mass is 32.2. The van der Waals surface area contributed by atoms with Crippen LogP contribution in [0, 0.1) is 0 Å². The van der Waals surface area contributed by atoms with Crippen molar-refractivity contribution >= 4 is 124 Å². The molecular weight excluding hydrogens is 874 g/mol. The lowest BCUT2D eigenvalue weighted by Gasteiger charge is -2.51. The van der Waals surface area contributed by atoms with Crippen molar-refractivity contribution in [3.8, 4) is 0 Å². The number of benzene rings is 8. The molecule has 2 aromatic heterocycles. The lowest BCUT2D eigenvalue weighted by atomic mass is 9.32. The van der Waals surface area contributed by atoms with Crippen LogP contribution in [-0.4, -0.2) is 18.5 Å². The van der Waals surface area contributed by atoms with Crippen LogP contribution < -0.4 is 31.1 Å². The van der Waals surface area contributed by atoms with E-state index in [2.05, 4.69) is 214 Å². The molecule has 5 nitrogen and oxygen atoms in total.